The van der Waals surface area contributed by atoms with Crippen molar-refractivity contribution < 1.29 is 48.0 Å². The third-order valence-electron chi connectivity index (χ3n) is 4.55. The minimum Gasteiger partial charge on any atom is -0.481 e. The van der Waals surface area contributed by atoms with E-state index in [1.807, 2.05) is 0 Å². The molecule has 0 aromatic carbocycles. The Morgan fingerprint density at radius 3 is 2.38 bits per heavy atom. The summed E-state index contributed by atoms with van der Waals surface area (Å²) in [5.41, 5.74) is -1.22. The Labute approximate surface area is 167 Å². The SMILES string of the molecule is CC(=O)N[C@H]1[C@H]2OC[C@](COCCCCC(=O)O)(O2)[C@H](OC(C)=O)[C@@H]1OC(C)=O. The average molecular weight is 417 g/mol. The largest absolute Gasteiger partial charge is 0.481 e. The molecule has 0 radical (unpaired) electrons. The molecule has 0 spiro atoms. The Morgan fingerprint density at radius 2 is 1.79 bits per heavy atom. The zero-order chi connectivity index (χ0) is 21.6. The van der Waals surface area contributed by atoms with Crippen molar-refractivity contribution in [2.45, 2.75) is 70.2 Å². The van der Waals surface area contributed by atoms with Gasteiger partial charge >= 0.3 is 17.9 Å². The van der Waals surface area contributed by atoms with Crippen LogP contribution in [-0.2, 0) is 42.9 Å². The molecule has 0 aromatic heterocycles. The van der Waals surface area contributed by atoms with Crippen LogP contribution >= 0.6 is 0 Å². The molecule has 11 nitrogen and oxygen atoms in total. The number of rotatable bonds is 10. The van der Waals surface area contributed by atoms with Crippen LogP contribution in [0.15, 0.2) is 0 Å². The van der Waals surface area contributed by atoms with Crippen LogP contribution in [0.2, 0.25) is 0 Å². The van der Waals surface area contributed by atoms with Gasteiger partial charge in [0.05, 0.1) is 13.2 Å². The number of esters is 2. The van der Waals surface area contributed by atoms with Crippen LogP contribution in [0.5, 0.6) is 0 Å². The number of ether oxygens (including phenoxy) is 5. The van der Waals surface area contributed by atoms with E-state index < -0.39 is 54.0 Å². The highest BCUT2D eigenvalue weighted by molar-refractivity contribution is 5.73. The van der Waals surface area contributed by atoms with Crippen molar-refractivity contribution in [3.63, 3.8) is 0 Å². The molecule has 1 amide bonds. The van der Waals surface area contributed by atoms with E-state index in [-0.39, 0.29) is 26.2 Å². The number of hydrogen-bond acceptors (Lipinski definition) is 9. The summed E-state index contributed by atoms with van der Waals surface area (Å²) in [5, 5.41) is 11.3. The molecule has 2 rings (SSSR count). The van der Waals surface area contributed by atoms with Gasteiger partial charge in [-0.15, -0.1) is 0 Å². The molecule has 0 unspecified atom stereocenters. The summed E-state index contributed by atoms with van der Waals surface area (Å²) in [6.45, 7) is 3.95. The fourth-order valence-corrected chi connectivity index (χ4v) is 3.44. The van der Waals surface area contributed by atoms with Gasteiger partial charge in [0, 0.05) is 33.8 Å². The number of hydrogen-bond donors (Lipinski definition) is 2. The van der Waals surface area contributed by atoms with E-state index in [1.165, 1.54) is 20.8 Å². The Hall–Kier alpha value is -2.24. The van der Waals surface area contributed by atoms with Crippen LogP contribution in [0.25, 0.3) is 0 Å². The second-order valence-electron chi connectivity index (χ2n) is 7.10. The highest BCUT2D eigenvalue weighted by atomic mass is 16.8. The zero-order valence-electron chi connectivity index (χ0n) is 16.7. The van der Waals surface area contributed by atoms with Gasteiger partial charge in [-0.05, 0) is 12.8 Å². The van der Waals surface area contributed by atoms with Crippen molar-refractivity contribution in [1.82, 2.24) is 5.32 Å². The number of unbranched alkanes of at least 4 members (excludes halogenated alkanes) is 1. The lowest BCUT2D eigenvalue weighted by atomic mass is 9.87. The minimum absolute atomic E-state index is 0.00140. The summed E-state index contributed by atoms with van der Waals surface area (Å²) < 4.78 is 28.0. The molecule has 0 aliphatic carbocycles. The van der Waals surface area contributed by atoms with Gasteiger partial charge in [-0.1, -0.05) is 0 Å². The molecule has 2 N–H and O–H groups in total. The van der Waals surface area contributed by atoms with Gasteiger partial charge in [0.1, 0.15) is 6.04 Å². The van der Waals surface area contributed by atoms with E-state index in [0.717, 1.165) is 0 Å². The van der Waals surface area contributed by atoms with Crippen molar-refractivity contribution in [1.29, 1.82) is 0 Å². The third kappa shape index (κ3) is 6.12. The van der Waals surface area contributed by atoms with Crippen molar-refractivity contribution in [2.24, 2.45) is 0 Å². The molecule has 164 valence electrons. The lowest BCUT2D eigenvalue weighted by Gasteiger charge is -2.45. The van der Waals surface area contributed by atoms with Crippen molar-refractivity contribution >= 4 is 23.8 Å². The number of aliphatic carboxylic acids is 1. The van der Waals surface area contributed by atoms with E-state index in [1.54, 1.807) is 0 Å². The number of nitrogens with one attached hydrogen (secondary N) is 1. The number of carboxylic acids is 1. The van der Waals surface area contributed by atoms with E-state index in [9.17, 15) is 19.2 Å². The van der Waals surface area contributed by atoms with E-state index in [4.69, 9.17) is 28.8 Å². The van der Waals surface area contributed by atoms with Crippen LogP contribution in [0, 0.1) is 0 Å². The average Bonchev–Trinajstić information content (AvgIpc) is 2.99. The minimum atomic E-state index is -1.22. The first-order valence-electron chi connectivity index (χ1n) is 9.35. The second kappa shape index (κ2) is 9.99. The Balaban J connectivity index is 2.15. The Morgan fingerprint density at radius 1 is 1.10 bits per heavy atom. The molecule has 2 bridgehead atoms. The van der Waals surface area contributed by atoms with Crippen LogP contribution in [-0.4, -0.2) is 78.9 Å². The van der Waals surface area contributed by atoms with Gasteiger partial charge in [-0.25, -0.2) is 0 Å². The lowest BCUT2D eigenvalue weighted by molar-refractivity contribution is -0.251. The number of carbonyl (C=O) groups excluding carboxylic acids is 3. The fourth-order valence-electron chi connectivity index (χ4n) is 3.44. The summed E-state index contributed by atoms with van der Waals surface area (Å²) >= 11 is 0. The van der Waals surface area contributed by atoms with Gasteiger partial charge in [-0.2, -0.15) is 0 Å². The lowest BCUT2D eigenvalue weighted by Crippen LogP contribution is -2.68. The summed E-state index contributed by atoms with van der Waals surface area (Å²) in [5.74, 6) is -2.51. The summed E-state index contributed by atoms with van der Waals surface area (Å²) in [4.78, 5) is 45.6. The van der Waals surface area contributed by atoms with Crippen LogP contribution in [0.1, 0.15) is 40.0 Å². The normalized spacial score (nSPS) is 30.4. The van der Waals surface area contributed by atoms with Gasteiger partial charge in [0.15, 0.2) is 24.1 Å². The Bertz CT molecular complexity index is 638. The van der Waals surface area contributed by atoms with Crippen LogP contribution in [0.4, 0.5) is 0 Å². The van der Waals surface area contributed by atoms with Crippen molar-refractivity contribution in [3.05, 3.63) is 0 Å². The standard InChI is InChI=1S/C18H27NO10/c1-10(20)19-14-15(27-11(2)21)16(28-12(3)22)18(9-26-17(14)29-18)8-25-7-5-4-6-13(23)24/h14-17H,4-9H2,1-3H3,(H,19,20)(H,23,24)/t14-,15-,16-,17+,18+/m1/s1. The van der Waals surface area contributed by atoms with E-state index in [2.05, 4.69) is 5.32 Å². The third-order valence-corrected chi connectivity index (χ3v) is 4.55. The summed E-state index contributed by atoms with van der Waals surface area (Å²) in [6, 6.07) is -0.869. The second-order valence-corrected chi connectivity index (χ2v) is 7.10. The highest BCUT2D eigenvalue weighted by Crippen LogP contribution is 2.40. The molecule has 0 saturated carbocycles. The molecule has 2 heterocycles. The first kappa shape index (κ1) is 23.0. The molecule has 11 heteroatoms. The van der Waals surface area contributed by atoms with Gasteiger partial charge in [0.2, 0.25) is 5.91 Å². The maximum Gasteiger partial charge on any atom is 0.303 e. The summed E-state index contributed by atoms with van der Waals surface area (Å²) in [6.07, 6.45) is -2.00. The maximum atomic E-state index is 11.7. The maximum absolute atomic E-state index is 11.7. The molecule has 2 saturated heterocycles. The van der Waals surface area contributed by atoms with Crippen molar-refractivity contribution in [2.75, 3.05) is 19.8 Å². The van der Waals surface area contributed by atoms with Gasteiger partial charge in [0.25, 0.3) is 0 Å². The predicted octanol–water partition coefficient (Wildman–Crippen LogP) is -0.249. The summed E-state index contributed by atoms with van der Waals surface area (Å²) in [7, 11) is 0. The molecule has 29 heavy (non-hydrogen) atoms. The Kier molecular flexibility index (Phi) is 7.94. The number of fused-ring (bicyclic) bond motifs is 2. The molecule has 0 aromatic rings. The zero-order valence-corrected chi connectivity index (χ0v) is 16.7. The molecular weight excluding hydrogens is 390 g/mol. The quantitative estimate of drug-likeness (QED) is 0.360. The molecule has 2 aliphatic heterocycles. The van der Waals surface area contributed by atoms with E-state index in [0.29, 0.717) is 12.8 Å². The smallest absolute Gasteiger partial charge is 0.303 e. The topological polar surface area (TPSA) is 147 Å². The van der Waals surface area contributed by atoms with E-state index >= 15 is 0 Å². The molecule has 2 aliphatic rings. The van der Waals surface area contributed by atoms with Crippen molar-refractivity contribution in [3.8, 4) is 0 Å². The molecule has 5 atom stereocenters. The van der Waals surface area contributed by atoms with Crippen LogP contribution < -0.4 is 5.32 Å². The number of carboxylic acid groups (broad SMARTS) is 1. The fraction of sp³-hybridized carbons (Fsp3) is 0.778. The van der Waals surface area contributed by atoms with Gasteiger partial charge < -0.3 is 34.1 Å². The molecular formula is C18H27NO10. The first-order valence-corrected chi connectivity index (χ1v) is 9.35. The predicted molar refractivity (Wildman–Crippen MR) is 94.6 cm³/mol. The number of carbonyl (C=O) groups is 4. The monoisotopic (exact) mass is 417 g/mol. The first-order chi connectivity index (χ1) is 13.6. The van der Waals surface area contributed by atoms with Gasteiger partial charge in [-0.3, -0.25) is 19.2 Å². The molecule has 2 fully saturated rings. The number of amides is 1. The highest BCUT2D eigenvalue weighted by Gasteiger charge is 2.63. The van der Waals surface area contributed by atoms with Crippen LogP contribution in [0.3, 0.4) is 0 Å².